The third-order valence-corrected chi connectivity index (χ3v) is 3.76. The van der Waals surface area contributed by atoms with Gasteiger partial charge in [-0.05, 0) is 39.8 Å². The van der Waals surface area contributed by atoms with Crippen LogP contribution < -0.4 is 11.1 Å². The van der Waals surface area contributed by atoms with Gasteiger partial charge in [0.1, 0.15) is 0 Å². The zero-order valence-electron chi connectivity index (χ0n) is 10.0. The van der Waals surface area contributed by atoms with Crippen LogP contribution in [0.1, 0.15) is 35.5 Å². The van der Waals surface area contributed by atoms with Crippen molar-refractivity contribution >= 4 is 11.3 Å². The van der Waals surface area contributed by atoms with Crippen LogP contribution in [0.3, 0.4) is 0 Å². The molecule has 3 nitrogen and oxygen atoms in total. The van der Waals surface area contributed by atoms with Gasteiger partial charge in [-0.15, -0.1) is 11.3 Å². The molecule has 1 rings (SSSR count). The summed E-state index contributed by atoms with van der Waals surface area (Å²) < 4.78 is 0. The van der Waals surface area contributed by atoms with E-state index in [1.807, 2.05) is 0 Å². The van der Waals surface area contributed by atoms with Gasteiger partial charge in [0.15, 0.2) is 0 Å². The van der Waals surface area contributed by atoms with E-state index in [0.717, 1.165) is 23.8 Å². The molecule has 15 heavy (non-hydrogen) atoms. The summed E-state index contributed by atoms with van der Waals surface area (Å²) in [5.74, 6) is 0.529. The molecule has 3 N–H and O–H groups in total. The van der Waals surface area contributed by atoms with Crippen molar-refractivity contribution in [2.75, 3.05) is 13.1 Å². The van der Waals surface area contributed by atoms with Gasteiger partial charge in [-0.3, -0.25) is 0 Å². The largest absolute Gasteiger partial charge is 0.330 e. The molecule has 0 aliphatic heterocycles. The first kappa shape index (κ1) is 12.6. The summed E-state index contributed by atoms with van der Waals surface area (Å²) in [4.78, 5) is 5.78. The maximum Gasteiger partial charge on any atom is 0.0900 e. The van der Waals surface area contributed by atoms with Crippen LogP contribution in [0.2, 0.25) is 0 Å². The summed E-state index contributed by atoms with van der Waals surface area (Å²) in [7, 11) is 0. The van der Waals surface area contributed by atoms with E-state index in [4.69, 9.17) is 5.73 Å². The molecule has 1 aromatic heterocycles. The molecule has 86 valence electrons. The molecular weight excluding hydrogens is 206 g/mol. The number of rotatable bonds is 5. The second kappa shape index (κ2) is 5.58. The van der Waals surface area contributed by atoms with Crippen molar-refractivity contribution < 1.29 is 0 Å². The fourth-order valence-corrected chi connectivity index (χ4v) is 2.46. The number of nitrogens with two attached hydrogens (primary N) is 1. The monoisotopic (exact) mass is 227 g/mol. The molecule has 2 atom stereocenters. The second-order valence-corrected chi connectivity index (χ2v) is 5.39. The van der Waals surface area contributed by atoms with E-state index < -0.39 is 0 Å². The maximum atomic E-state index is 5.58. The third kappa shape index (κ3) is 3.55. The first-order valence-corrected chi connectivity index (χ1v) is 6.23. The number of hydrogen-bond acceptors (Lipinski definition) is 4. The maximum absolute atomic E-state index is 5.58. The Kier molecular flexibility index (Phi) is 4.70. The molecule has 1 aromatic rings. The molecule has 0 aliphatic rings. The van der Waals surface area contributed by atoms with Crippen LogP contribution in [0.4, 0.5) is 0 Å². The van der Waals surface area contributed by atoms with E-state index in [0.29, 0.717) is 12.0 Å². The second-order valence-electron chi connectivity index (χ2n) is 4.15. The molecule has 4 heteroatoms. The minimum Gasteiger partial charge on any atom is -0.330 e. The molecule has 0 saturated carbocycles. The lowest BCUT2D eigenvalue weighted by Gasteiger charge is -2.15. The van der Waals surface area contributed by atoms with Gasteiger partial charge in [-0.25, -0.2) is 4.98 Å². The predicted octanol–water partition coefficient (Wildman–Crippen LogP) is 2.01. The Labute approximate surface area is 96.1 Å². The molecule has 0 fully saturated rings. The van der Waals surface area contributed by atoms with Crippen LogP contribution in [0.15, 0.2) is 0 Å². The minimum atomic E-state index is 0.380. The molecule has 1 heterocycles. The number of thiazole rings is 1. The lowest BCUT2D eigenvalue weighted by molar-refractivity contribution is 0.479. The van der Waals surface area contributed by atoms with Gasteiger partial charge in [0.2, 0.25) is 0 Å². The lowest BCUT2D eigenvalue weighted by Crippen LogP contribution is -2.28. The van der Waals surface area contributed by atoms with Crippen LogP contribution in [0.5, 0.6) is 0 Å². The molecule has 0 amide bonds. The van der Waals surface area contributed by atoms with Crippen molar-refractivity contribution in [2.24, 2.45) is 11.7 Å². The molecule has 0 radical (unpaired) electrons. The summed E-state index contributed by atoms with van der Waals surface area (Å²) >= 11 is 1.78. The van der Waals surface area contributed by atoms with Crippen molar-refractivity contribution in [1.82, 2.24) is 10.3 Å². The fraction of sp³-hybridized carbons (Fsp3) is 0.727. The Morgan fingerprint density at radius 2 is 2.07 bits per heavy atom. The van der Waals surface area contributed by atoms with E-state index in [2.05, 4.69) is 38.0 Å². The highest BCUT2D eigenvalue weighted by molar-refractivity contribution is 7.11. The molecular formula is C11H21N3S. The first-order valence-electron chi connectivity index (χ1n) is 5.42. The standard InChI is InChI=1S/C11H21N3S/c1-7(5-12)6-13-8(2)11-9(3)14-10(4)15-11/h7-8,13H,5-6,12H2,1-4H3. The van der Waals surface area contributed by atoms with Crippen LogP contribution >= 0.6 is 11.3 Å². The molecule has 2 unspecified atom stereocenters. The zero-order valence-corrected chi connectivity index (χ0v) is 10.8. The van der Waals surface area contributed by atoms with Crippen LogP contribution in [0, 0.1) is 19.8 Å². The normalized spacial score (nSPS) is 15.3. The van der Waals surface area contributed by atoms with E-state index >= 15 is 0 Å². The smallest absolute Gasteiger partial charge is 0.0900 e. The molecule has 0 aliphatic carbocycles. The molecule has 0 bridgehead atoms. The van der Waals surface area contributed by atoms with Crippen molar-refractivity contribution in [1.29, 1.82) is 0 Å². The Bertz CT molecular complexity index is 309. The summed E-state index contributed by atoms with van der Waals surface area (Å²) in [6.45, 7) is 10.2. The number of nitrogens with one attached hydrogen (secondary N) is 1. The van der Waals surface area contributed by atoms with E-state index in [-0.39, 0.29) is 0 Å². The van der Waals surface area contributed by atoms with Gasteiger partial charge in [0.05, 0.1) is 10.7 Å². The van der Waals surface area contributed by atoms with Gasteiger partial charge in [-0.2, -0.15) is 0 Å². The van der Waals surface area contributed by atoms with Gasteiger partial charge >= 0.3 is 0 Å². The SMILES string of the molecule is Cc1nc(C)c(C(C)NCC(C)CN)s1. The molecule has 0 spiro atoms. The van der Waals surface area contributed by atoms with Crippen molar-refractivity contribution in [3.8, 4) is 0 Å². The highest BCUT2D eigenvalue weighted by Crippen LogP contribution is 2.24. The van der Waals surface area contributed by atoms with Gasteiger partial charge < -0.3 is 11.1 Å². The average molecular weight is 227 g/mol. The molecule has 0 saturated heterocycles. The fourth-order valence-electron chi connectivity index (χ4n) is 1.50. The van der Waals surface area contributed by atoms with Crippen LogP contribution in [0.25, 0.3) is 0 Å². The summed E-state index contributed by atoms with van der Waals surface area (Å²) in [5, 5.41) is 4.64. The predicted molar refractivity (Wildman–Crippen MR) is 66.2 cm³/mol. The minimum absolute atomic E-state index is 0.380. The van der Waals surface area contributed by atoms with Crippen molar-refractivity contribution in [3.05, 3.63) is 15.6 Å². The summed E-state index contributed by atoms with van der Waals surface area (Å²) in [6, 6.07) is 0.380. The van der Waals surface area contributed by atoms with Gasteiger partial charge in [0.25, 0.3) is 0 Å². The Balaban J connectivity index is 2.53. The van der Waals surface area contributed by atoms with E-state index in [9.17, 15) is 0 Å². The third-order valence-electron chi connectivity index (χ3n) is 2.51. The van der Waals surface area contributed by atoms with E-state index in [1.54, 1.807) is 11.3 Å². The van der Waals surface area contributed by atoms with Gasteiger partial charge in [0, 0.05) is 10.9 Å². The number of hydrogen-bond donors (Lipinski definition) is 2. The Hall–Kier alpha value is -0.450. The molecule has 0 aromatic carbocycles. The number of aromatic nitrogens is 1. The summed E-state index contributed by atoms with van der Waals surface area (Å²) in [5.41, 5.74) is 6.73. The van der Waals surface area contributed by atoms with Gasteiger partial charge in [-0.1, -0.05) is 6.92 Å². The number of nitrogens with zero attached hydrogens (tertiary/aromatic N) is 1. The van der Waals surface area contributed by atoms with Crippen LogP contribution in [-0.2, 0) is 0 Å². The highest BCUT2D eigenvalue weighted by Gasteiger charge is 2.12. The topological polar surface area (TPSA) is 50.9 Å². The Morgan fingerprint density at radius 3 is 2.53 bits per heavy atom. The highest BCUT2D eigenvalue weighted by atomic mass is 32.1. The van der Waals surface area contributed by atoms with Crippen LogP contribution in [-0.4, -0.2) is 18.1 Å². The lowest BCUT2D eigenvalue weighted by atomic mass is 10.1. The number of aryl methyl sites for hydroxylation is 2. The zero-order chi connectivity index (χ0) is 11.4. The van der Waals surface area contributed by atoms with E-state index in [1.165, 1.54) is 4.88 Å². The van der Waals surface area contributed by atoms with Crippen molar-refractivity contribution in [2.45, 2.75) is 33.7 Å². The Morgan fingerprint density at radius 1 is 1.40 bits per heavy atom. The van der Waals surface area contributed by atoms with Crippen molar-refractivity contribution in [3.63, 3.8) is 0 Å². The quantitative estimate of drug-likeness (QED) is 0.809. The first-order chi connectivity index (χ1) is 7.04. The summed E-state index contributed by atoms with van der Waals surface area (Å²) in [6.07, 6.45) is 0. The average Bonchev–Trinajstić information content (AvgIpc) is 2.53.